The third-order valence-corrected chi connectivity index (χ3v) is 4.51. The van der Waals surface area contributed by atoms with E-state index < -0.39 is 17.7 Å². The molecule has 1 saturated heterocycles. The lowest BCUT2D eigenvalue weighted by Crippen LogP contribution is -2.47. The maximum atomic E-state index is 13.8. The second-order valence-electron chi connectivity index (χ2n) is 6.09. The lowest BCUT2D eigenvalue weighted by Gasteiger charge is -2.35. The molecule has 1 aliphatic heterocycles. The molecule has 1 unspecified atom stereocenters. The normalized spacial score (nSPS) is 16.6. The number of halogens is 2. The molecule has 3 rings (SSSR count). The molecule has 1 aromatic carbocycles. The molecule has 1 atom stereocenters. The summed E-state index contributed by atoms with van der Waals surface area (Å²) < 4.78 is 26.8. The highest BCUT2D eigenvalue weighted by molar-refractivity contribution is 5.38. The van der Waals surface area contributed by atoms with Crippen molar-refractivity contribution in [3.05, 3.63) is 64.7 Å². The summed E-state index contributed by atoms with van der Waals surface area (Å²) in [5.41, 5.74) is 0.156. The van der Waals surface area contributed by atoms with Crippen molar-refractivity contribution in [1.82, 2.24) is 9.88 Å². The van der Waals surface area contributed by atoms with Gasteiger partial charge in [-0.15, -0.1) is 0 Å². The molecule has 2 aromatic rings. The van der Waals surface area contributed by atoms with Crippen LogP contribution in [0.1, 0.15) is 18.0 Å². The van der Waals surface area contributed by atoms with Crippen LogP contribution in [0.5, 0.6) is 0 Å². The minimum Gasteiger partial charge on any atom is -0.354 e. The number of nitrogens with zero attached hydrogens (tertiary/aromatic N) is 4. The summed E-state index contributed by atoms with van der Waals surface area (Å²) in [5, 5.41) is 3.04. The summed E-state index contributed by atoms with van der Waals surface area (Å²) in [5.74, 6) is -0.413. The predicted octanol–water partition coefficient (Wildman–Crippen LogP) is 3.38. The molecule has 0 bridgehead atoms. The Balaban J connectivity index is 1.52. The van der Waals surface area contributed by atoms with Crippen LogP contribution in [-0.4, -0.2) is 42.6 Å². The van der Waals surface area contributed by atoms with E-state index in [4.69, 9.17) is 0 Å². The van der Waals surface area contributed by atoms with E-state index in [1.54, 1.807) is 6.20 Å². The van der Waals surface area contributed by atoms with E-state index in [1.165, 1.54) is 6.07 Å². The van der Waals surface area contributed by atoms with Gasteiger partial charge in [-0.1, -0.05) is 17.3 Å². The number of aromatic nitrogens is 1. The average Bonchev–Trinajstić information content (AvgIpc) is 2.65. The van der Waals surface area contributed by atoms with Crippen molar-refractivity contribution in [2.24, 2.45) is 5.18 Å². The van der Waals surface area contributed by atoms with Crippen LogP contribution in [0.15, 0.2) is 47.8 Å². The van der Waals surface area contributed by atoms with Gasteiger partial charge in [0.2, 0.25) is 0 Å². The fourth-order valence-electron chi connectivity index (χ4n) is 3.08. The van der Waals surface area contributed by atoms with Gasteiger partial charge in [-0.05, 0) is 24.6 Å². The van der Waals surface area contributed by atoms with Crippen molar-refractivity contribution < 1.29 is 8.78 Å². The Labute approximate surface area is 145 Å². The van der Waals surface area contributed by atoms with Gasteiger partial charge in [-0.3, -0.25) is 4.90 Å². The van der Waals surface area contributed by atoms with E-state index in [0.29, 0.717) is 13.0 Å². The maximum Gasteiger partial charge on any atom is 0.131 e. The van der Waals surface area contributed by atoms with Gasteiger partial charge in [0.05, 0.1) is 0 Å². The summed E-state index contributed by atoms with van der Waals surface area (Å²) in [6, 6.07) is 8.29. The van der Waals surface area contributed by atoms with Gasteiger partial charge in [0.25, 0.3) is 0 Å². The van der Waals surface area contributed by atoms with Crippen molar-refractivity contribution in [3.63, 3.8) is 0 Å². The second-order valence-corrected chi connectivity index (χ2v) is 6.09. The van der Waals surface area contributed by atoms with Gasteiger partial charge in [0, 0.05) is 50.6 Å². The molecule has 0 N–H and O–H groups in total. The lowest BCUT2D eigenvalue weighted by atomic mass is 10.0. The number of anilines is 1. The number of rotatable bonds is 6. The Kier molecular flexibility index (Phi) is 5.65. The van der Waals surface area contributed by atoms with Crippen molar-refractivity contribution in [1.29, 1.82) is 0 Å². The minimum absolute atomic E-state index is 0.156. The first-order valence-electron chi connectivity index (χ1n) is 8.33. The molecule has 1 fully saturated rings. The first kappa shape index (κ1) is 17.4. The zero-order valence-electron chi connectivity index (χ0n) is 13.8. The van der Waals surface area contributed by atoms with Crippen LogP contribution in [-0.2, 0) is 0 Å². The van der Waals surface area contributed by atoms with Crippen LogP contribution in [0.4, 0.5) is 14.6 Å². The molecular weight excluding hydrogens is 326 g/mol. The second kappa shape index (κ2) is 8.11. The van der Waals surface area contributed by atoms with Gasteiger partial charge in [-0.2, -0.15) is 4.91 Å². The molecule has 1 aromatic heterocycles. The number of hydrogen-bond acceptors (Lipinski definition) is 5. The number of benzene rings is 1. The standard InChI is InChI=1S/C18H20F2N4O/c19-14-4-5-15(16(20)13-14)17(22-25)6-8-23-9-11-24(12-10-23)18-3-1-2-7-21-18/h1-5,7,13,17H,6,8-12H2. The van der Waals surface area contributed by atoms with Crippen molar-refractivity contribution in [2.45, 2.75) is 12.5 Å². The molecule has 25 heavy (non-hydrogen) atoms. The van der Waals surface area contributed by atoms with Crippen LogP contribution >= 0.6 is 0 Å². The first-order valence-corrected chi connectivity index (χ1v) is 8.33. The zero-order chi connectivity index (χ0) is 17.6. The summed E-state index contributed by atoms with van der Waals surface area (Å²) in [4.78, 5) is 19.9. The number of nitroso groups, excluding NO2 is 1. The maximum absolute atomic E-state index is 13.8. The molecule has 0 amide bonds. The average molecular weight is 346 g/mol. The Bertz CT molecular complexity index is 705. The van der Waals surface area contributed by atoms with Crippen LogP contribution in [0.2, 0.25) is 0 Å². The van der Waals surface area contributed by atoms with Crippen LogP contribution in [0.3, 0.4) is 0 Å². The Morgan fingerprint density at radius 3 is 2.56 bits per heavy atom. The fraction of sp³-hybridized carbons (Fsp3) is 0.389. The third-order valence-electron chi connectivity index (χ3n) is 4.51. The molecular formula is C18H20F2N4O. The molecule has 0 saturated carbocycles. The third kappa shape index (κ3) is 4.36. The number of pyridine rings is 1. The smallest absolute Gasteiger partial charge is 0.131 e. The summed E-state index contributed by atoms with van der Waals surface area (Å²) >= 11 is 0. The van der Waals surface area contributed by atoms with E-state index in [-0.39, 0.29) is 5.56 Å². The molecule has 7 heteroatoms. The van der Waals surface area contributed by atoms with Crippen LogP contribution < -0.4 is 4.90 Å². The van der Waals surface area contributed by atoms with E-state index in [9.17, 15) is 13.7 Å². The molecule has 0 spiro atoms. The van der Waals surface area contributed by atoms with Crippen LogP contribution in [0, 0.1) is 16.5 Å². The van der Waals surface area contributed by atoms with Gasteiger partial charge in [-0.25, -0.2) is 13.8 Å². The van der Waals surface area contributed by atoms with Gasteiger partial charge < -0.3 is 4.90 Å². The predicted molar refractivity (Wildman–Crippen MR) is 92.4 cm³/mol. The highest BCUT2D eigenvalue weighted by atomic mass is 19.1. The first-order chi connectivity index (χ1) is 12.2. The van der Waals surface area contributed by atoms with Gasteiger partial charge in [0.1, 0.15) is 23.5 Å². The van der Waals surface area contributed by atoms with E-state index in [2.05, 4.69) is 20.0 Å². The summed E-state index contributed by atoms with van der Waals surface area (Å²) in [7, 11) is 0. The van der Waals surface area contributed by atoms with E-state index in [0.717, 1.165) is 44.1 Å². The number of piperazine rings is 1. The van der Waals surface area contributed by atoms with Crippen LogP contribution in [0.25, 0.3) is 0 Å². The Hall–Kier alpha value is -2.41. The minimum atomic E-state index is -0.797. The van der Waals surface area contributed by atoms with Crippen molar-refractivity contribution in [3.8, 4) is 0 Å². The largest absolute Gasteiger partial charge is 0.354 e. The SMILES string of the molecule is O=NC(CCN1CCN(c2ccccn2)CC1)c1ccc(F)cc1F. The van der Waals surface area contributed by atoms with Crippen molar-refractivity contribution >= 4 is 5.82 Å². The monoisotopic (exact) mass is 346 g/mol. The van der Waals surface area contributed by atoms with E-state index >= 15 is 0 Å². The molecule has 0 radical (unpaired) electrons. The summed E-state index contributed by atoms with van der Waals surface area (Å²) in [6.07, 6.45) is 2.19. The van der Waals surface area contributed by atoms with E-state index in [1.807, 2.05) is 18.2 Å². The van der Waals surface area contributed by atoms with Gasteiger partial charge in [0.15, 0.2) is 0 Å². The van der Waals surface area contributed by atoms with Crippen molar-refractivity contribution in [2.75, 3.05) is 37.6 Å². The van der Waals surface area contributed by atoms with Gasteiger partial charge >= 0.3 is 0 Å². The molecule has 0 aliphatic carbocycles. The summed E-state index contributed by atoms with van der Waals surface area (Å²) in [6.45, 7) is 4.02. The highest BCUT2D eigenvalue weighted by Crippen LogP contribution is 2.25. The zero-order valence-corrected chi connectivity index (χ0v) is 13.8. The Morgan fingerprint density at radius 1 is 1.12 bits per heavy atom. The molecule has 5 nitrogen and oxygen atoms in total. The molecule has 1 aliphatic rings. The topological polar surface area (TPSA) is 48.8 Å². The fourth-order valence-corrected chi connectivity index (χ4v) is 3.08. The lowest BCUT2D eigenvalue weighted by molar-refractivity contribution is 0.247. The highest BCUT2D eigenvalue weighted by Gasteiger charge is 2.21. The molecule has 132 valence electrons. The Morgan fingerprint density at radius 2 is 1.92 bits per heavy atom. The quantitative estimate of drug-likeness (QED) is 0.753. The number of hydrogen-bond donors (Lipinski definition) is 0. The molecule has 2 heterocycles.